The van der Waals surface area contributed by atoms with Gasteiger partial charge in [-0.2, -0.15) is 0 Å². The van der Waals surface area contributed by atoms with Crippen LogP contribution < -0.4 is 15.0 Å². The second kappa shape index (κ2) is 12.1. The molecule has 6 rings (SSSR count). The minimum Gasteiger partial charge on any atom is -0.492 e. The highest BCUT2D eigenvalue weighted by atomic mass is 35.5. The number of anilines is 1. The molecule has 0 radical (unpaired) electrons. The van der Waals surface area contributed by atoms with Gasteiger partial charge in [0.05, 0.1) is 23.3 Å². The number of benzene rings is 2. The number of nitrogens with zero attached hydrogens (tertiary/aromatic N) is 4. The van der Waals surface area contributed by atoms with Crippen molar-refractivity contribution in [3.8, 4) is 5.75 Å². The Bertz CT molecular complexity index is 1410. The minimum atomic E-state index is -0.670. The quantitative estimate of drug-likeness (QED) is 0.479. The number of piperazine rings is 1. The van der Waals surface area contributed by atoms with Gasteiger partial charge in [-0.1, -0.05) is 29.3 Å². The first-order valence-electron chi connectivity index (χ1n) is 14.4. The number of halogens is 2. The number of likely N-dealkylation sites (tertiary alicyclic amines) is 1. The first-order valence-corrected chi connectivity index (χ1v) is 15.2. The molecule has 4 amide bonds. The van der Waals surface area contributed by atoms with Crippen molar-refractivity contribution in [1.82, 2.24) is 20.0 Å². The number of piperidine rings is 1. The normalized spacial score (nSPS) is 22.9. The predicted molar refractivity (Wildman–Crippen MR) is 158 cm³/mol. The van der Waals surface area contributed by atoms with Crippen molar-refractivity contribution in [2.24, 2.45) is 0 Å². The molecule has 0 aromatic heterocycles. The molecule has 3 fully saturated rings. The summed E-state index contributed by atoms with van der Waals surface area (Å²) in [5.41, 5.74) is 2.16. The smallest absolute Gasteiger partial charge is 0.255 e. The number of rotatable bonds is 7. The zero-order valence-electron chi connectivity index (χ0n) is 23.2. The van der Waals surface area contributed by atoms with E-state index in [4.69, 9.17) is 27.9 Å². The van der Waals surface area contributed by atoms with Gasteiger partial charge < -0.3 is 19.4 Å². The molecular formula is C30H33Cl2N5O5. The van der Waals surface area contributed by atoms with Crippen molar-refractivity contribution < 1.29 is 23.9 Å². The Morgan fingerprint density at radius 2 is 1.81 bits per heavy atom. The predicted octanol–water partition coefficient (Wildman–Crippen LogP) is 2.95. The van der Waals surface area contributed by atoms with Gasteiger partial charge >= 0.3 is 0 Å². The van der Waals surface area contributed by atoms with Gasteiger partial charge in [-0.05, 0) is 56.1 Å². The zero-order chi connectivity index (χ0) is 29.4. The summed E-state index contributed by atoms with van der Waals surface area (Å²) in [6.07, 6.45) is 2.29. The number of nitrogens with one attached hydrogen (secondary N) is 1. The number of hydrogen-bond donors (Lipinski definition) is 1. The maximum absolute atomic E-state index is 13.5. The van der Waals surface area contributed by atoms with Crippen molar-refractivity contribution in [1.29, 1.82) is 0 Å². The third kappa shape index (κ3) is 5.67. The van der Waals surface area contributed by atoms with E-state index in [0.29, 0.717) is 67.1 Å². The monoisotopic (exact) mass is 613 g/mol. The van der Waals surface area contributed by atoms with Gasteiger partial charge in [0.15, 0.2) is 0 Å². The van der Waals surface area contributed by atoms with Gasteiger partial charge in [-0.15, -0.1) is 0 Å². The van der Waals surface area contributed by atoms with Crippen LogP contribution in [0.15, 0.2) is 36.4 Å². The SMILES string of the molecule is O=C1CCC(N2Cc3c(OCCN4CCC[C@H]4C(=O)N4CCN(c5cc(Cl)ccc5Cl)CC4)cccc3C2=O)C(=O)N1. The van der Waals surface area contributed by atoms with E-state index in [1.807, 2.05) is 17.0 Å². The van der Waals surface area contributed by atoms with Crippen LogP contribution in [0.25, 0.3) is 0 Å². The van der Waals surface area contributed by atoms with Gasteiger partial charge in [-0.25, -0.2) is 0 Å². The van der Waals surface area contributed by atoms with E-state index in [9.17, 15) is 19.2 Å². The van der Waals surface area contributed by atoms with Crippen molar-refractivity contribution in [3.63, 3.8) is 0 Å². The molecule has 4 heterocycles. The zero-order valence-corrected chi connectivity index (χ0v) is 24.7. The number of fused-ring (bicyclic) bond motifs is 1. The molecule has 0 spiro atoms. The fourth-order valence-electron chi connectivity index (χ4n) is 6.45. The molecule has 12 heteroatoms. The average molecular weight is 615 g/mol. The van der Waals surface area contributed by atoms with E-state index >= 15 is 0 Å². The molecule has 4 aliphatic rings. The molecule has 0 saturated carbocycles. The minimum absolute atomic E-state index is 0.149. The molecule has 4 aliphatic heterocycles. The highest BCUT2D eigenvalue weighted by Crippen LogP contribution is 2.34. The summed E-state index contributed by atoms with van der Waals surface area (Å²) in [6, 6.07) is 9.93. The third-order valence-electron chi connectivity index (χ3n) is 8.66. The Morgan fingerprint density at radius 3 is 2.60 bits per heavy atom. The van der Waals surface area contributed by atoms with Crippen LogP contribution in [0, 0.1) is 0 Å². The van der Waals surface area contributed by atoms with Crippen LogP contribution in [0.4, 0.5) is 5.69 Å². The summed E-state index contributed by atoms with van der Waals surface area (Å²) < 4.78 is 6.17. The standard InChI is InChI=1S/C30H33Cl2N5O5/c31-19-6-7-22(32)25(17-19)35-11-13-36(14-12-35)30(41)24-4-2-10-34(24)15-16-42-26-5-1-3-20-21(26)18-37(29(20)40)23-8-9-27(38)33-28(23)39/h1,3,5-7,17,23-24H,2,4,8-16,18H2,(H,33,38,39)/t23?,24-/m0/s1. The van der Waals surface area contributed by atoms with Crippen LogP contribution in [0.2, 0.25) is 10.0 Å². The number of amides is 4. The maximum atomic E-state index is 13.5. The Balaban J connectivity index is 1.03. The summed E-state index contributed by atoms with van der Waals surface area (Å²) in [5, 5.41) is 3.62. The molecule has 42 heavy (non-hydrogen) atoms. The van der Waals surface area contributed by atoms with E-state index in [0.717, 1.165) is 30.6 Å². The molecule has 1 unspecified atom stereocenters. The van der Waals surface area contributed by atoms with Crippen LogP contribution >= 0.6 is 23.2 Å². The molecular weight excluding hydrogens is 581 g/mol. The summed E-state index contributed by atoms with van der Waals surface area (Å²) >= 11 is 12.6. The first-order chi connectivity index (χ1) is 20.3. The molecule has 0 aliphatic carbocycles. The Kier molecular flexibility index (Phi) is 8.29. The van der Waals surface area contributed by atoms with Gasteiger partial charge in [-0.3, -0.25) is 29.4 Å². The number of ether oxygens (including phenoxy) is 1. The fourth-order valence-corrected chi connectivity index (χ4v) is 6.85. The van der Waals surface area contributed by atoms with E-state index in [-0.39, 0.29) is 36.7 Å². The summed E-state index contributed by atoms with van der Waals surface area (Å²) in [7, 11) is 0. The fraction of sp³-hybridized carbons (Fsp3) is 0.467. The molecule has 1 N–H and O–H groups in total. The lowest BCUT2D eigenvalue weighted by molar-refractivity contribution is -0.137. The first kappa shape index (κ1) is 28.8. The van der Waals surface area contributed by atoms with Crippen molar-refractivity contribution >= 4 is 52.5 Å². The van der Waals surface area contributed by atoms with Crippen LogP contribution in [0.5, 0.6) is 5.75 Å². The van der Waals surface area contributed by atoms with E-state index < -0.39 is 11.9 Å². The molecule has 2 aromatic rings. The molecule has 2 aromatic carbocycles. The highest BCUT2D eigenvalue weighted by Gasteiger charge is 2.40. The maximum Gasteiger partial charge on any atom is 0.255 e. The average Bonchev–Trinajstić information content (AvgIpc) is 3.59. The lowest BCUT2D eigenvalue weighted by atomic mass is 10.0. The van der Waals surface area contributed by atoms with Crippen LogP contribution in [-0.4, -0.2) is 96.3 Å². The van der Waals surface area contributed by atoms with Gasteiger partial charge in [0.1, 0.15) is 18.4 Å². The van der Waals surface area contributed by atoms with Crippen LogP contribution in [-0.2, 0) is 20.9 Å². The molecule has 222 valence electrons. The van der Waals surface area contributed by atoms with Crippen molar-refractivity contribution in [2.75, 3.05) is 50.8 Å². The lowest BCUT2D eigenvalue weighted by Gasteiger charge is -2.38. The summed E-state index contributed by atoms with van der Waals surface area (Å²) in [5.74, 6) is -0.223. The second-order valence-corrected chi connectivity index (χ2v) is 12.0. The summed E-state index contributed by atoms with van der Waals surface area (Å²) in [6.45, 7) is 4.66. The van der Waals surface area contributed by atoms with Gasteiger partial charge in [0, 0.05) is 55.3 Å². The number of hydrogen-bond acceptors (Lipinski definition) is 7. The number of carbonyl (C=O) groups is 4. The molecule has 0 bridgehead atoms. The van der Waals surface area contributed by atoms with E-state index in [1.165, 1.54) is 4.90 Å². The van der Waals surface area contributed by atoms with Gasteiger partial charge in [0.25, 0.3) is 5.91 Å². The van der Waals surface area contributed by atoms with Crippen LogP contribution in [0.1, 0.15) is 41.6 Å². The molecule has 10 nitrogen and oxygen atoms in total. The van der Waals surface area contributed by atoms with E-state index in [1.54, 1.807) is 24.3 Å². The molecule has 2 atom stereocenters. The van der Waals surface area contributed by atoms with Crippen molar-refractivity contribution in [2.45, 2.75) is 44.3 Å². The lowest BCUT2D eigenvalue weighted by Crippen LogP contribution is -2.54. The van der Waals surface area contributed by atoms with E-state index in [2.05, 4.69) is 15.1 Å². The number of carbonyl (C=O) groups excluding carboxylic acids is 4. The highest BCUT2D eigenvalue weighted by molar-refractivity contribution is 6.35. The van der Waals surface area contributed by atoms with Crippen molar-refractivity contribution in [3.05, 3.63) is 57.6 Å². The summed E-state index contributed by atoms with van der Waals surface area (Å²) in [4.78, 5) is 58.4. The largest absolute Gasteiger partial charge is 0.492 e. The Hall–Kier alpha value is -3.34. The topological polar surface area (TPSA) is 102 Å². The molecule has 3 saturated heterocycles. The van der Waals surface area contributed by atoms with Crippen LogP contribution in [0.3, 0.4) is 0 Å². The van der Waals surface area contributed by atoms with Gasteiger partial charge in [0.2, 0.25) is 17.7 Å². The second-order valence-electron chi connectivity index (χ2n) is 11.1. The Labute approximate surface area is 254 Å². The third-order valence-corrected chi connectivity index (χ3v) is 9.22. The number of imide groups is 1. The Morgan fingerprint density at radius 1 is 1.00 bits per heavy atom.